The van der Waals surface area contributed by atoms with Gasteiger partial charge in [0.1, 0.15) is 10.3 Å². The summed E-state index contributed by atoms with van der Waals surface area (Å²) >= 11 is 2.67. The number of fused-ring (bicyclic) bond motifs is 1. The molecule has 2 saturated heterocycles. The SMILES string of the molecule is CCc1cccc2sc(N(CC3CCCO3)C(=O)C3CCCN3S(=O)(=O)c3cccs3)nc12. The van der Waals surface area contributed by atoms with Gasteiger partial charge in [0.2, 0.25) is 5.91 Å². The third-order valence-corrected chi connectivity index (χ3v) is 10.7. The normalized spacial score (nSPS) is 21.7. The van der Waals surface area contributed by atoms with Gasteiger partial charge >= 0.3 is 0 Å². The van der Waals surface area contributed by atoms with Gasteiger partial charge in [-0.05, 0) is 55.2 Å². The van der Waals surface area contributed by atoms with Gasteiger partial charge < -0.3 is 4.74 Å². The van der Waals surface area contributed by atoms with Gasteiger partial charge in [-0.1, -0.05) is 36.5 Å². The number of nitrogens with zero attached hydrogens (tertiary/aromatic N) is 3. The van der Waals surface area contributed by atoms with Gasteiger partial charge in [-0.15, -0.1) is 11.3 Å². The maximum atomic E-state index is 13.9. The summed E-state index contributed by atoms with van der Waals surface area (Å²) in [5.74, 6) is -0.208. The third-order valence-electron chi connectivity index (χ3n) is 6.33. The number of thiazole rings is 1. The van der Waals surface area contributed by atoms with E-state index in [4.69, 9.17) is 9.72 Å². The maximum absolute atomic E-state index is 13.9. The summed E-state index contributed by atoms with van der Waals surface area (Å²) in [6, 6.07) is 8.69. The molecule has 0 bridgehead atoms. The molecule has 1 amide bonds. The second kappa shape index (κ2) is 9.42. The Labute approximate surface area is 202 Å². The number of thiophene rings is 1. The van der Waals surface area contributed by atoms with Gasteiger partial charge in [-0.2, -0.15) is 4.31 Å². The number of aryl methyl sites for hydroxylation is 1. The number of aromatic nitrogens is 1. The minimum atomic E-state index is -3.71. The highest BCUT2D eigenvalue weighted by atomic mass is 32.2. The zero-order valence-electron chi connectivity index (χ0n) is 18.5. The van der Waals surface area contributed by atoms with Crippen LogP contribution in [0, 0.1) is 0 Å². The standard InChI is InChI=1S/C23H27N3O4S3/c1-2-16-7-3-10-19-21(16)24-23(32-19)25(15-17-8-5-13-30-17)22(27)18-9-4-12-26(18)33(28,29)20-11-6-14-31-20/h3,6-7,10-11,14,17-18H,2,4-5,8-9,12-13,15H2,1H3. The maximum Gasteiger partial charge on any atom is 0.253 e. The first kappa shape index (κ1) is 22.9. The van der Waals surface area contributed by atoms with Gasteiger partial charge in [0.15, 0.2) is 5.13 Å². The molecule has 2 aliphatic heterocycles. The van der Waals surface area contributed by atoms with Crippen molar-refractivity contribution < 1.29 is 17.9 Å². The third kappa shape index (κ3) is 4.35. The number of para-hydroxylation sites is 1. The molecule has 4 heterocycles. The average molecular weight is 506 g/mol. The topological polar surface area (TPSA) is 79.8 Å². The molecule has 0 aliphatic carbocycles. The van der Waals surface area contributed by atoms with E-state index in [1.165, 1.54) is 27.0 Å². The lowest BCUT2D eigenvalue weighted by Gasteiger charge is -2.29. The first-order valence-corrected chi connectivity index (χ1v) is 14.5. The zero-order valence-corrected chi connectivity index (χ0v) is 20.9. The van der Waals surface area contributed by atoms with E-state index in [1.54, 1.807) is 22.4 Å². The Balaban J connectivity index is 1.50. The number of ether oxygens (including phenoxy) is 1. The van der Waals surface area contributed by atoms with Crippen molar-refractivity contribution in [1.82, 2.24) is 9.29 Å². The first-order valence-electron chi connectivity index (χ1n) is 11.4. The molecule has 0 spiro atoms. The molecule has 3 aromatic rings. The highest BCUT2D eigenvalue weighted by molar-refractivity contribution is 7.91. The quantitative estimate of drug-likeness (QED) is 0.479. The van der Waals surface area contributed by atoms with E-state index in [9.17, 15) is 13.2 Å². The highest BCUT2D eigenvalue weighted by Gasteiger charge is 2.43. The highest BCUT2D eigenvalue weighted by Crippen LogP contribution is 2.35. The van der Waals surface area contributed by atoms with Crippen LogP contribution in [0.3, 0.4) is 0 Å². The molecule has 2 atom stereocenters. The van der Waals surface area contributed by atoms with Gasteiger partial charge in [0, 0.05) is 13.2 Å². The van der Waals surface area contributed by atoms with Crippen LogP contribution < -0.4 is 4.90 Å². The van der Waals surface area contributed by atoms with Crippen molar-refractivity contribution in [3.05, 3.63) is 41.3 Å². The Hall–Kier alpha value is -1.85. The predicted octanol–water partition coefficient (Wildman–Crippen LogP) is 4.29. The summed E-state index contributed by atoms with van der Waals surface area (Å²) in [6.45, 7) is 3.53. The smallest absolute Gasteiger partial charge is 0.253 e. The second-order valence-corrected chi connectivity index (χ2v) is 12.5. The molecule has 0 saturated carbocycles. The largest absolute Gasteiger partial charge is 0.376 e. The second-order valence-electron chi connectivity index (χ2n) is 8.40. The zero-order chi connectivity index (χ0) is 23.0. The number of amides is 1. The van der Waals surface area contributed by atoms with Crippen molar-refractivity contribution in [2.75, 3.05) is 24.6 Å². The summed E-state index contributed by atoms with van der Waals surface area (Å²) in [5.41, 5.74) is 2.06. The van der Waals surface area contributed by atoms with Crippen molar-refractivity contribution in [3.8, 4) is 0 Å². The lowest BCUT2D eigenvalue weighted by Crippen LogP contribution is -2.49. The lowest BCUT2D eigenvalue weighted by atomic mass is 10.1. The van der Waals surface area contributed by atoms with Crippen LogP contribution in [0.1, 0.15) is 38.2 Å². The van der Waals surface area contributed by atoms with Crippen LogP contribution in [0.5, 0.6) is 0 Å². The number of benzene rings is 1. The van der Waals surface area contributed by atoms with E-state index in [0.29, 0.717) is 37.7 Å². The minimum Gasteiger partial charge on any atom is -0.376 e. The summed E-state index contributed by atoms with van der Waals surface area (Å²) in [7, 11) is -3.71. The summed E-state index contributed by atoms with van der Waals surface area (Å²) in [5, 5.41) is 2.36. The Morgan fingerprint density at radius 2 is 2.12 bits per heavy atom. The number of carbonyl (C=O) groups is 1. The Bertz CT molecular complexity index is 1230. The van der Waals surface area contributed by atoms with Gasteiger partial charge in [0.25, 0.3) is 10.0 Å². The summed E-state index contributed by atoms with van der Waals surface area (Å²) in [6.07, 6.45) is 3.82. The van der Waals surface area contributed by atoms with Gasteiger partial charge in [-0.3, -0.25) is 9.69 Å². The van der Waals surface area contributed by atoms with Crippen molar-refractivity contribution in [2.45, 2.75) is 55.4 Å². The molecule has 33 heavy (non-hydrogen) atoms. The predicted molar refractivity (Wildman–Crippen MR) is 132 cm³/mol. The monoisotopic (exact) mass is 505 g/mol. The average Bonchev–Trinajstić information content (AvgIpc) is 3.63. The fourth-order valence-corrected chi connectivity index (χ4v) is 8.43. The molecule has 2 unspecified atom stereocenters. The fourth-order valence-electron chi connectivity index (χ4n) is 4.63. The number of anilines is 1. The fraction of sp³-hybridized carbons (Fsp3) is 0.478. The number of rotatable bonds is 7. The van der Waals surface area contributed by atoms with Crippen LogP contribution in [0.2, 0.25) is 0 Å². The van der Waals surface area contributed by atoms with E-state index in [-0.39, 0.29) is 16.2 Å². The number of sulfonamides is 1. The van der Waals surface area contributed by atoms with Crippen molar-refractivity contribution in [2.24, 2.45) is 0 Å². The molecular formula is C23H27N3O4S3. The molecule has 0 N–H and O–H groups in total. The number of hydrogen-bond donors (Lipinski definition) is 0. The van der Waals surface area contributed by atoms with Gasteiger partial charge in [-0.25, -0.2) is 13.4 Å². The molecule has 10 heteroatoms. The lowest BCUT2D eigenvalue weighted by molar-refractivity contribution is -0.122. The van der Waals surface area contributed by atoms with Gasteiger partial charge in [0.05, 0.1) is 22.9 Å². The van der Waals surface area contributed by atoms with E-state index in [1.807, 2.05) is 12.1 Å². The molecule has 0 radical (unpaired) electrons. The van der Waals surface area contributed by atoms with E-state index >= 15 is 0 Å². The molecular weight excluding hydrogens is 478 g/mol. The van der Waals surface area contributed by atoms with Crippen LogP contribution in [0.25, 0.3) is 10.2 Å². The van der Waals surface area contributed by atoms with Crippen molar-refractivity contribution in [3.63, 3.8) is 0 Å². The summed E-state index contributed by atoms with van der Waals surface area (Å²) < 4.78 is 35.1. The number of carbonyl (C=O) groups excluding carboxylic acids is 1. The Morgan fingerprint density at radius 1 is 1.24 bits per heavy atom. The van der Waals surface area contributed by atoms with Crippen molar-refractivity contribution >= 4 is 54.0 Å². The van der Waals surface area contributed by atoms with Crippen LogP contribution in [0.15, 0.2) is 39.9 Å². The minimum absolute atomic E-state index is 0.0598. The molecule has 1 aromatic carbocycles. The van der Waals surface area contributed by atoms with Crippen LogP contribution in [0.4, 0.5) is 5.13 Å². The van der Waals surface area contributed by atoms with Crippen LogP contribution >= 0.6 is 22.7 Å². The van der Waals surface area contributed by atoms with Crippen LogP contribution in [-0.4, -0.2) is 55.5 Å². The molecule has 2 aliphatic rings. The van der Waals surface area contributed by atoms with E-state index in [2.05, 4.69) is 13.0 Å². The molecule has 7 nitrogen and oxygen atoms in total. The summed E-state index contributed by atoms with van der Waals surface area (Å²) in [4.78, 5) is 20.5. The Kier molecular flexibility index (Phi) is 6.54. The molecule has 2 fully saturated rings. The van der Waals surface area contributed by atoms with Crippen molar-refractivity contribution in [1.29, 1.82) is 0 Å². The molecule has 2 aromatic heterocycles. The van der Waals surface area contributed by atoms with Crippen LogP contribution in [-0.2, 0) is 26.0 Å². The Morgan fingerprint density at radius 3 is 2.85 bits per heavy atom. The molecule has 176 valence electrons. The first-order chi connectivity index (χ1) is 16.0. The number of hydrogen-bond acceptors (Lipinski definition) is 7. The molecule has 5 rings (SSSR count). The van der Waals surface area contributed by atoms with E-state index < -0.39 is 16.1 Å². The van der Waals surface area contributed by atoms with E-state index in [0.717, 1.165) is 35.0 Å².